The quantitative estimate of drug-likeness (QED) is 0.116. The van der Waals surface area contributed by atoms with Crippen LogP contribution < -0.4 is 29.8 Å². The summed E-state index contributed by atoms with van der Waals surface area (Å²) in [5, 5.41) is 16.9. The van der Waals surface area contributed by atoms with Crippen molar-refractivity contribution in [1.82, 2.24) is 40.3 Å². The summed E-state index contributed by atoms with van der Waals surface area (Å²) in [7, 11) is 3.58. The molecule has 0 radical (unpaired) electrons. The van der Waals surface area contributed by atoms with Crippen LogP contribution in [0.1, 0.15) is 11.1 Å². The topological polar surface area (TPSA) is 119 Å². The van der Waals surface area contributed by atoms with Gasteiger partial charge in [0, 0.05) is 78.3 Å². The van der Waals surface area contributed by atoms with Gasteiger partial charge >= 0.3 is 12.4 Å². The number of hydrogen-bond acceptors (Lipinski definition) is 10. The number of hydrogen-bond donors (Lipinski definition) is 0. The van der Waals surface area contributed by atoms with E-state index in [-0.39, 0.29) is 42.1 Å². The number of halogens is 6. The van der Waals surface area contributed by atoms with Gasteiger partial charge in [-0.05, 0) is 36.3 Å². The van der Waals surface area contributed by atoms with Gasteiger partial charge in [-0.2, -0.15) is 62.7 Å². The van der Waals surface area contributed by atoms with Gasteiger partial charge < -0.3 is 40.0 Å². The van der Waals surface area contributed by atoms with Crippen LogP contribution in [0.25, 0.3) is 45.0 Å². The van der Waals surface area contributed by atoms with Gasteiger partial charge in [-0.15, -0.1) is 48.2 Å². The predicted octanol–water partition coefficient (Wildman–Crippen LogP) is 12.7. The minimum Gasteiger partial charge on any atom is -0.574 e. The van der Waals surface area contributed by atoms with E-state index in [2.05, 4.69) is 52.5 Å². The molecule has 0 saturated carbocycles. The molecule has 12 rings (SSSR count). The van der Waals surface area contributed by atoms with Crippen molar-refractivity contribution in [3.05, 3.63) is 231 Å². The smallest absolute Gasteiger partial charge is 0.370 e. The fourth-order valence-electron chi connectivity index (χ4n) is 7.48. The van der Waals surface area contributed by atoms with Crippen molar-refractivity contribution < 1.29 is 68.5 Å². The van der Waals surface area contributed by atoms with Gasteiger partial charge in [-0.3, -0.25) is 0 Å². The first-order valence-corrected chi connectivity index (χ1v) is 22.6. The first kappa shape index (κ1) is 55.8. The second-order valence-electron chi connectivity index (χ2n) is 16.2. The molecule has 0 saturated heterocycles. The zero-order valence-electron chi connectivity index (χ0n) is 39.9. The van der Waals surface area contributed by atoms with Gasteiger partial charge in [0.25, 0.3) is 0 Å². The maximum atomic E-state index is 12.5. The molecule has 6 heterocycles. The number of anilines is 6. The molecule has 6 aromatic carbocycles. The molecule has 2 aliphatic heterocycles. The monoisotopic (exact) mass is 1380 g/mol. The third-order valence-corrected chi connectivity index (χ3v) is 11.1. The van der Waals surface area contributed by atoms with Gasteiger partial charge in [0.15, 0.2) is 0 Å². The number of benzene rings is 6. The average Bonchev–Trinajstić information content (AvgIpc) is 4.28. The summed E-state index contributed by atoms with van der Waals surface area (Å²) in [6.07, 6.45) is -2.55. The molecule has 0 spiro atoms. The van der Waals surface area contributed by atoms with Crippen molar-refractivity contribution in [3.63, 3.8) is 0 Å². The van der Waals surface area contributed by atoms with E-state index in [9.17, 15) is 26.3 Å². The molecule has 20 heteroatoms. The summed E-state index contributed by atoms with van der Waals surface area (Å²) in [5.41, 5.74) is 7.58. The molecule has 0 amide bonds. The molecule has 76 heavy (non-hydrogen) atoms. The Kier molecular flexibility index (Phi) is 18.4. The first-order valence-electron chi connectivity index (χ1n) is 22.6. The summed E-state index contributed by atoms with van der Waals surface area (Å²) in [4.78, 5) is 23.5. The number of aromatic nitrogens is 8. The van der Waals surface area contributed by atoms with Crippen LogP contribution in [0, 0.1) is 25.5 Å². The van der Waals surface area contributed by atoms with Gasteiger partial charge in [-0.1, -0.05) is 145 Å². The predicted molar refractivity (Wildman–Crippen MR) is 271 cm³/mol. The zero-order valence-corrected chi connectivity index (χ0v) is 44.4. The second-order valence-corrected chi connectivity index (χ2v) is 16.2. The van der Waals surface area contributed by atoms with E-state index in [1.165, 1.54) is 24.5 Å². The van der Waals surface area contributed by atoms with E-state index >= 15 is 0 Å². The Labute approximate surface area is 463 Å². The van der Waals surface area contributed by atoms with E-state index in [0.717, 1.165) is 69.3 Å². The Bertz CT molecular complexity index is 3030. The Balaban J connectivity index is 0.000000147. The number of alkyl halides is 6. The summed E-state index contributed by atoms with van der Waals surface area (Å²) in [6.45, 7) is 3.40. The van der Waals surface area contributed by atoms with E-state index in [4.69, 9.17) is 0 Å². The number of fused-ring (bicyclic) bond motifs is 2. The van der Waals surface area contributed by atoms with Gasteiger partial charge in [0.05, 0.1) is 0 Å². The average molecular weight is 1390 g/mol. The van der Waals surface area contributed by atoms with Crippen molar-refractivity contribution >= 4 is 34.6 Å². The molecule has 2 aliphatic rings. The molecule has 10 aromatic rings. The number of nitrogens with zero attached hydrogens (tertiary/aromatic N) is 12. The minimum atomic E-state index is -4.36. The fourth-order valence-corrected chi connectivity index (χ4v) is 7.48. The maximum Gasteiger partial charge on any atom is 0.370 e. The fraction of sp³-hybridized carbons (Fsp3) is 0.0714. The van der Waals surface area contributed by atoms with E-state index in [1.54, 1.807) is 59.4 Å². The van der Waals surface area contributed by atoms with Crippen LogP contribution in [0.4, 0.5) is 61.0 Å². The van der Waals surface area contributed by atoms with Crippen LogP contribution in [0.3, 0.4) is 0 Å². The van der Waals surface area contributed by atoms with Crippen LogP contribution in [-0.4, -0.2) is 44.2 Å². The molecular weight excluding hydrogens is 1340 g/mol. The third-order valence-electron chi connectivity index (χ3n) is 11.1. The van der Waals surface area contributed by atoms with Crippen molar-refractivity contribution in [2.24, 2.45) is 0 Å². The molecule has 392 valence electrons. The van der Waals surface area contributed by atoms with Crippen LogP contribution >= 0.6 is 0 Å². The molecule has 4 aromatic heterocycles. The zero-order chi connectivity index (χ0) is 51.7. The van der Waals surface area contributed by atoms with Crippen molar-refractivity contribution in [2.45, 2.75) is 12.4 Å². The molecule has 12 nitrogen and oxygen atoms in total. The molecular formula is C56H40F6N12Pt2-6. The van der Waals surface area contributed by atoms with Crippen LogP contribution in [-0.2, 0) is 54.5 Å². The van der Waals surface area contributed by atoms with E-state index in [1.807, 2.05) is 133 Å². The second kappa shape index (κ2) is 25.1. The molecule has 0 N–H and O–H groups in total. The van der Waals surface area contributed by atoms with Gasteiger partial charge in [0.2, 0.25) is 0 Å². The van der Waals surface area contributed by atoms with Crippen LogP contribution in [0.15, 0.2) is 195 Å². The van der Waals surface area contributed by atoms with Gasteiger partial charge in [0.1, 0.15) is 23.3 Å². The Hall–Kier alpha value is -7.94. The SMILES string of the molecule is CN1[CH-]N(c2[c-]cc(C(F)(F)F)cc2)c2nccnc21.CN1[CH-]N(c2[c-]cc(C(F)(F)F)cc2)c2nccnc21.[Pt].[Pt].c1ccc(-c2cc(-c3ccccc3)[n-]n2)cc1.c1ccc(-c2cc(-c3ccccc3)[n-]n2)cc1. The summed E-state index contributed by atoms with van der Waals surface area (Å²) in [6, 6.07) is 56.3. The molecule has 0 bridgehead atoms. The number of rotatable bonds is 6. The van der Waals surface area contributed by atoms with E-state index < -0.39 is 23.5 Å². The standard InChI is InChI=1S/2C15H11N2.2C13H9F3N4.2Pt/c2*1-3-7-12(8-4-1)14-11-15(17-16-14)13-9-5-2-6-10-13;2*1-19-8-20(12-11(19)17-6-7-18-12)10-4-2-9(3-5-10)13(14,15)16;;/h2*1-11H;2*2-4,6-8H,1H3;;/q2*-1;2*-2;;. The summed E-state index contributed by atoms with van der Waals surface area (Å²) < 4.78 is 75.2. The van der Waals surface area contributed by atoms with Crippen LogP contribution in [0.2, 0.25) is 0 Å². The first-order chi connectivity index (χ1) is 35.8. The molecule has 0 fully saturated rings. The summed E-state index contributed by atoms with van der Waals surface area (Å²) in [5.74, 6) is 2.40. The third kappa shape index (κ3) is 13.5. The normalized spacial score (nSPS) is 12.3. The largest absolute Gasteiger partial charge is 0.574 e. The minimum absolute atomic E-state index is 0. The van der Waals surface area contributed by atoms with Gasteiger partial charge in [-0.25, -0.2) is 19.9 Å². The van der Waals surface area contributed by atoms with Crippen LogP contribution in [0.5, 0.6) is 0 Å². The molecule has 0 unspecified atom stereocenters. The van der Waals surface area contributed by atoms with Crippen molar-refractivity contribution in [1.29, 1.82) is 0 Å². The molecule has 0 aliphatic carbocycles. The maximum absolute atomic E-state index is 12.5. The summed E-state index contributed by atoms with van der Waals surface area (Å²) >= 11 is 0. The Morgan fingerprint density at radius 1 is 0.421 bits per heavy atom. The van der Waals surface area contributed by atoms with E-state index in [0.29, 0.717) is 34.6 Å². The van der Waals surface area contributed by atoms with Crippen molar-refractivity contribution in [2.75, 3.05) is 33.7 Å². The Morgan fingerprint density at radius 3 is 1.04 bits per heavy atom. The molecule has 0 atom stereocenters. The van der Waals surface area contributed by atoms with Crippen molar-refractivity contribution in [3.8, 4) is 45.0 Å². The Morgan fingerprint density at radius 2 is 0.737 bits per heavy atom.